The van der Waals surface area contributed by atoms with Gasteiger partial charge in [-0.05, 0) is 111 Å². The summed E-state index contributed by atoms with van der Waals surface area (Å²) in [6.07, 6.45) is 24.0. The van der Waals surface area contributed by atoms with E-state index in [2.05, 4.69) is 0 Å². The lowest BCUT2D eigenvalue weighted by Crippen LogP contribution is -2.24. The predicted octanol–water partition coefficient (Wildman–Crippen LogP) is 7.08. The maximum absolute atomic E-state index is 1.65. The van der Waals surface area contributed by atoms with Crippen LogP contribution in [0.15, 0.2) is 0 Å². The SMILES string of the molecule is C(CCC1CC2CC1C1CCCC21)CCC1CC2CC1C1CCCC21. The van der Waals surface area contributed by atoms with Crippen molar-refractivity contribution < 1.29 is 0 Å². The summed E-state index contributed by atoms with van der Waals surface area (Å²) < 4.78 is 0. The van der Waals surface area contributed by atoms with Gasteiger partial charge >= 0.3 is 0 Å². The summed E-state index contributed by atoms with van der Waals surface area (Å²) in [6, 6.07) is 0. The van der Waals surface area contributed by atoms with Crippen LogP contribution >= 0.6 is 0 Å². The van der Waals surface area contributed by atoms with E-state index in [9.17, 15) is 0 Å². The highest BCUT2D eigenvalue weighted by molar-refractivity contribution is 5.03. The minimum atomic E-state index is 1.16. The Morgan fingerprint density at radius 1 is 0.440 bits per heavy atom. The van der Waals surface area contributed by atoms with E-state index in [1.54, 1.807) is 96.3 Å². The molecule has 10 atom stereocenters. The van der Waals surface area contributed by atoms with Crippen LogP contribution in [-0.4, -0.2) is 0 Å². The van der Waals surface area contributed by atoms with E-state index < -0.39 is 0 Å². The molecule has 0 heterocycles. The van der Waals surface area contributed by atoms with E-state index in [1.165, 1.54) is 47.3 Å². The van der Waals surface area contributed by atoms with Gasteiger partial charge in [-0.3, -0.25) is 0 Å². The molecule has 0 radical (unpaired) electrons. The lowest BCUT2D eigenvalue weighted by Gasteiger charge is -2.32. The molecule has 0 nitrogen and oxygen atoms in total. The first kappa shape index (κ1) is 16.0. The van der Waals surface area contributed by atoms with Crippen LogP contribution < -0.4 is 0 Å². The number of hydrogen-bond acceptors (Lipinski definition) is 0. The lowest BCUT2D eigenvalue weighted by atomic mass is 9.73. The molecule has 6 aliphatic carbocycles. The van der Waals surface area contributed by atoms with Gasteiger partial charge in [-0.25, -0.2) is 0 Å². The molecule has 25 heavy (non-hydrogen) atoms. The van der Waals surface area contributed by atoms with Gasteiger partial charge in [0.15, 0.2) is 0 Å². The molecule has 0 aromatic carbocycles. The largest absolute Gasteiger partial charge is 0.0533 e. The van der Waals surface area contributed by atoms with Gasteiger partial charge in [0.1, 0.15) is 0 Å². The van der Waals surface area contributed by atoms with Crippen molar-refractivity contribution in [3.05, 3.63) is 0 Å². The quantitative estimate of drug-likeness (QED) is 0.453. The molecule has 0 aromatic heterocycles. The summed E-state index contributed by atoms with van der Waals surface area (Å²) >= 11 is 0. The highest BCUT2D eigenvalue weighted by Crippen LogP contribution is 2.63. The van der Waals surface area contributed by atoms with E-state index >= 15 is 0 Å². The van der Waals surface area contributed by atoms with Crippen LogP contribution in [0.4, 0.5) is 0 Å². The van der Waals surface area contributed by atoms with Gasteiger partial charge in [0.05, 0.1) is 0 Å². The number of hydrogen-bond donors (Lipinski definition) is 0. The monoisotopic (exact) mass is 340 g/mol. The van der Waals surface area contributed by atoms with Gasteiger partial charge in [0.2, 0.25) is 0 Å². The molecule has 0 spiro atoms. The molecule has 140 valence electrons. The number of rotatable bonds is 6. The van der Waals surface area contributed by atoms with Crippen molar-refractivity contribution in [3.63, 3.8) is 0 Å². The van der Waals surface area contributed by atoms with Crippen LogP contribution in [-0.2, 0) is 0 Å². The summed E-state index contributed by atoms with van der Waals surface area (Å²) in [6.45, 7) is 0. The lowest BCUT2D eigenvalue weighted by molar-refractivity contribution is 0.171. The smallest absolute Gasteiger partial charge is 0.0352 e. The molecule has 0 aromatic rings. The van der Waals surface area contributed by atoms with E-state index in [0.29, 0.717) is 0 Å². The van der Waals surface area contributed by atoms with Crippen LogP contribution in [0.25, 0.3) is 0 Å². The molecular weight excluding hydrogens is 300 g/mol. The average molecular weight is 341 g/mol. The Bertz CT molecular complexity index is 450. The summed E-state index contributed by atoms with van der Waals surface area (Å²) in [4.78, 5) is 0. The van der Waals surface area contributed by atoms with Crippen LogP contribution in [0, 0.1) is 59.2 Å². The summed E-state index contributed by atoms with van der Waals surface area (Å²) in [7, 11) is 0. The summed E-state index contributed by atoms with van der Waals surface area (Å²) in [5.74, 6) is 11.8. The van der Waals surface area contributed by atoms with Gasteiger partial charge in [-0.1, -0.05) is 44.9 Å². The summed E-state index contributed by atoms with van der Waals surface area (Å²) in [5, 5.41) is 0. The standard InChI is InChI=1S/C25H40/c1(2-6-16-12-18-14-24(16)22-10-4-8-20(18)22)3-7-17-13-19-15-25(17)23-11-5-9-21(19)23/h16-25H,1-15H2. The Morgan fingerprint density at radius 2 is 0.920 bits per heavy atom. The van der Waals surface area contributed by atoms with Crippen molar-refractivity contribution in [2.75, 3.05) is 0 Å². The van der Waals surface area contributed by atoms with Crippen molar-refractivity contribution in [1.82, 2.24) is 0 Å². The fourth-order valence-corrected chi connectivity index (χ4v) is 10.1. The maximum atomic E-state index is 1.65. The van der Waals surface area contributed by atoms with E-state index in [0.717, 1.165) is 11.8 Å². The predicted molar refractivity (Wildman–Crippen MR) is 104 cm³/mol. The fraction of sp³-hybridized carbons (Fsp3) is 1.00. The second kappa shape index (κ2) is 6.27. The molecule has 0 amide bonds. The van der Waals surface area contributed by atoms with Crippen molar-refractivity contribution >= 4 is 0 Å². The molecule has 6 rings (SSSR count). The number of fused-ring (bicyclic) bond motifs is 10. The second-order valence-electron chi connectivity index (χ2n) is 11.5. The third-order valence-corrected chi connectivity index (χ3v) is 10.8. The van der Waals surface area contributed by atoms with Gasteiger partial charge in [0, 0.05) is 0 Å². The van der Waals surface area contributed by atoms with E-state index in [1.807, 2.05) is 0 Å². The molecule has 6 saturated carbocycles. The Morgan fingerprint density at radius 3 is 1.44 bits per heavy atom. The van der Waals surface area contributed by atoms with Crippen LogP contribution in [0.1, 0.15) is 96.3 Å². The molecule has 6 fully saturated rings. The Labute approximate surface area is 155 Å². The van der Waals surface area contributed by atoms with E-state index in [4.69, 9.17) is 0 Å². The normalized spacial score (nSPS) is 55.2. The average Bonchev–Trinajstić information content (AvgIpc) is 3.41. The Hall–Kier alpha value is 0. The fourth-order valence-electron chi connectivity index (χ4n) is 10.1. The Balaban J connectivity index is 0.929. The third-order valence-electron chi connectivity index (χ3n) is 10.8. The van der Waals surface area contributed by atoms with Gasteiger partial charge in [-0.15, -0.1) is 0 Å². The van der Waals surface area contributed by atoms with Crippen LogP contribution in [0.2, 0.25) is 0 Å². The first-order valence-corrected chi connectivity index (χ1v) is 12.4. The molecule has 6 aliphatic rings. The molecule has 0 saturated heterocycles. The zero-order valence-electron chi connectivity index (χ0n) is 16.4. The minimum Gasteiger partial charge on any atom is -0.0533 e. The molecule has 0 N–H and O–H groups in total. The van der Waals surface area contributed by atoms with Gasteiger partial charge in [0.25, 0.3) is 0 Å². The topological polar surface area (TPSA) is 0 Å². The highest BCUT2D eigenvalue weighted by Gasteiger charge is 2.54. The van der Waals surface area contributed by atoms with E-state index in [-0.39, 0.29) is 0 Å². The highest BCUT2D eigenvalue weighted by atomic mass is 14.6. The summed E-state index contributed by atoms with van der Waals surface area (Å²) in [5.41, 5.74) is 0. The molecule has 0 aliphatic heterocycles. The Kier molecular flexibility index (Phi) is 4.01. The first-order valence-electron chi connectivity index (χ1n) is 12.4. The van der Waals surface area contributed by atoms with Crippen LogP contribution in [0.3, 0.4) is 0 Å². The molecule has 0 heteroatoms. The molecule has 4 bridgehead atoms. The zero-order valence-corrected chi connectivity index (χ0v) is 16.4. The van der Waals surface area contributed by atoms with Crippen LogP contribution in [0.5, 0.6) is 0 Å². The minimum absolute atomic E-state index is 1.16. The maximum Gasteiger partial charge on any atom is -0.0352 e. The first-order chi connectivity index (χ1) is 12.4. The van der Waals surface area contributed by atoms with Crippen molar-refractivity contribution in [3.8, 4) is 0 Å². The second-order valence-corrected chi connectivity index (χ2v) is 11.5. The van der Waals surface area contributed by atoms with Crippen molar-refractivity contribution in [2.24, 2.45) is 59.2 Å². The van der Waals surface area contributed by atoms with Gasteiger partial charge in [-0.2, -0.15) is 0 Å². The third kappa shape index (κ3) is 2.51. The van der Waals surface area contributed by atoms with Gasteiger partial charge < -0.3 is 0 Å². The molecule has 10 unspecified atom stereocenters. The van der Waals surface area contributed by atoms with Crippen molar-refractivity contribution in [1.29, 1.82) is 0 Å². The number of unbranched alkanes of at least 4 members (excludes halogenated alkanes) is 2. The zero-order chi connectivity index (χ0) is 16.4. The van der Waals surface area contributed by atoms with Crippen molar-refractivity contribution in [2.45, 2.75) is 96.3 Å². The molecular formula is C25H40.